The fourth-order valence-corrected chi connectivity index (χ4v) is 6.03. The van der Waals surface area contributed by atoms with Crippen LogP contribution in [0.5, 0.6) is 0 Å². The summed E-state index contributed by atoms with van der Waals surface area (Å²) in [6.45, 7) is 4.04. The molecule has 9 nitrogen and oxygen atoms in total. The predicted molar refractivity (Wildman–Crippen MR) is 220 cm³/mol. The molecule has 0 fully saturated rings. The SMILES string of the molecule is C/C=C/CC/C=C/CC/C=C/CCCC(O)C(O)C(COP(=O)([O-])OCC[N+](C)(C)C)NC(=O)CCCCCCCCC/C=C\C/C=C\C/C=C\CC. The van der Waals surface area contributed by atoms with Crippen molar-refractivity contribution in [1.29, 1.82) is 0 Å². The number of hydrogen-bond donors (Lipinski definition) is 3. The number of aliphatic hydroxyl groups excluding tert-OH is 2. The van der Waals surface area contributed by atoms with Gasteiger partial charge in [0.05, 0.1) is 39.9 Å². The molecule has 0 aliphatic heterocycles. The van der Waals surface area contributed by atoms with Crippen molar-refractivity contribution in [1.82, 2.24) is 5.32 Å². The number of aliphatic hydroxyl groups is 2. The van der Waals surface area contributed by atoms with E-state index in [2.05, 4.69) is 85.2 Å². The predicted octanol–water partition coefficient (Wildman–Crippen LogP) is 9.19. The fourth-order valence-electron chi connectivity index (χ4n) is 5.30. The van der Waals surface area contributed by atoms with Crippen molar-refractivity contribution in [2.75, 3.05) is 40.9 Å². The van der Waals surface area contributed by atoms with Crippen LogP contribution in [-0.2, 0) is 18.4 Å². The van der Waals surface area contributed by atoms with E-state index in [1.54, 1.807) is 0 Å². The number of allylic oxidation sites excluding steroid dienone is 12. The number of nitrogens with zero attached hydrogens (tertiary/aromatic N) is 1. The Morgan fingerprint density at radius 2 is 1.23 bits per heavy atom. The van der Waals surface area contributed by atoms with Gasteiger partial charge >= 0.3 is 0 Å². The Balaban J connectivity index is 4.63. The van der Waals surface area contributed by atoms with Gasteiger partial charge in [0.25, 0.3) is 7.82 Å². The van der Waals surface area contributed by atoms with Crippen LogP contribution in [0.15, 0.2) is 72.9 Å². The second-order valence-electron chi connectivity index (χ2n) is 14.7. The average Bonchev–Trinajstić information content (AvgIpc) is 3.10. The Morgan fingerprint density at radius 1 is 0.717 bits per heavy atom. The molecular formula is C43H77N2O7P. The number of nitrogens with one attached hydrogen (secondary N) is 1. The highest BCUT2D eigenvalue weighted by molar-refractivity contribution is 7.45. The van der Waals surface area contributed by atoms with Gasteiger partial charge in [-0.2, -0.15) is 0 Å². The molecule has 306 valence electrons. The Kier molecular flexibility index (Phi) is 33.0. The van der Waals surface area contributed by atoms with Crippen LogP contribution in [0.2, 0.25) is 0 Å². The highest BCUT2D eigenvalue weighted by Gasteiger charge is 2.29. The number of carbonyl (C=O) groups excluding carboxylic acids is 1. The van der Waals surface area contributed by atoms with Gasteiger partial charge in [0.1, 0.15) is 19.3 Å². The number of phosphoric acid groups is 1. The molecule has 0 saturated carbocycles. The third-order valence-electron chi connectivity index (χ3n) is 8.57. The van der Waals surface area contributed by atoms with E-state index in [1.807, 2.05) is 28.1 Å². The maximum atomic E-state index is 12.9. The lowest BCUT2D eigenvalue weighted by atomic mass is 10.0. The molecule has 4 atom stereocenters. The van der Waals surface area contributed by atoms with Crippen LogP contribution >= 0.6 is 7.82 Å². The average molecular weight is 765 g/mol. The first-order valence-corrected chi connectivity index (χ1v) is 21.8. The van der Waals surface area contributed by atoms with Crippen molar-refractivity contribution < 1.29 is 38.0 Å². The second-order valence-corrected chi connectivity index (χ2v) is 16.1. The lowest BCUT2D eigenvalue weighted by molar-refractivity contribution is -0.870. The normalized spacial score (nSPS) is 15.8. The Bertz CT molecular complexity index is 1110. The first-order valence-electron chi connectivity index (χ1n) is 20.3. The molecule has 53 heavy (non-hydrogen) atoms. The van der Waals surface area contributed by atoms with Crippen LogP contribution in [0.25, 0.3) is 0 Å². The molecule has 0 aromatic rings. The van der Waals surface area contributed by atoms with Crippen LogP contribution < -0.4 is 10.2 Å². The Labute approximate surface area is 324 Å². The zero-order valence-electron chi connectivity index (χ0n) is 34.0. The summed E-state index contributed by atoms with van der Waals surface area (Å²) in [5.41, 5.74) is 0. The molecule has 0 rings (SSSR count). The molecule has 4 unspecified atom stereocenters. The molecule has 0 aliphatic carbocycles. The minimum atomic E-state index is -4.68. The third kappa shape index (κ3) is 35.4. The van der Waals surface area contributed by atoms with Crippen LogP contribution in [0.1, 0.15) is 136 Å². The quantitative estimate of drug-likeness (QED) is 0.0254. The number of amides is 1. The summed E-state index contributed by atoms with van der Waals surface area (Å²) in [6.07, 6.45) is 41.0. The van der Waals surface area contributed by atoms with Gasteiger partial charge in [-0.1, -0.05) is 112 Å². The van der Waals surface area contributed by atoms with E-state index in [9.17, 15) is 24.5 Å². The number of phosphoric ester groups is 1. The molecule has 0 saturated heterocycles. The minimum Gasteiger partial charge on any atom is -0.756 e. The highest BCUT2D eigenvalue weighted by atomic mass is 31.2. The van der Waals surface area contributed by atoms with E-state index in [0.29, 0.717) is 30.3 Å². The molecule has 0 heterocycles. The summed E-state index contributed by atoms with van der Waals surface area (Å²) >= 11 is 0. The van der Waals surface area contributed by atoms with Crippen LogP contribution in [0, 0.1) is 0 Å². The molecule has 3 N–H and O–H groups in total. The molecular weight excluding hydrogens is 687 g/mol. The van der Waals surface area contributed by atoms with E-state index >= 15 is 0 Å². The number of carbonyl (C=O) groups is 1. The van der Waals surface area contributed by atoms with Crippen molar-refractivity contribution in [2.45, 2.75) is 154 Å². The second kappa shape index (κ2) is 34.4. The third-order valence-corrected chi connectivity index (χ3v) is 9.54. The summed E-state index contributed by atoms with van der Waals surface area (Å²) in [5, 5.41) is 24.5. The van der Waals surface area contributed by atoms with Gasteiger partial charge in [-0.25, -0.2) is 0 Å². The summed E-state index contributed by atoms with van der Waals surface area (Å²) < 4.78 is 23.0. The van der Waals surface area contributed by atoms with Crippen LogP contribution in [-0.4, -0.2) is 79.8 Å². The van der Waals surface area contributed by atoms with Crippen molar-refractivity contribution in [2.24, 2.45) is 0 Å². The monoisotopic (exact) mass is 765 g/mol. The Hall–Kier alpha value is -2.10. The van der Waals surface area contributed by atoms with Crippen LogP contribution in [0.3, 0.4) is 0 Å². The first kappa shape index (κ1) is 50.9. The zero-order valence-corrected chi connectivity index (χ0v) is 34.9. The zero-order chi connectivity index (χ0) is 39.5. The van der Waals surface area contributed by atoms with Gasteiger partial charge in [0.2, 0.25) is 5.91 Å². The van der Waals surface area contributed by atoms with E-state index in [1.165, 1.54) is 19.3 Å². The fraction of sp³-hybridized carbons (Fsp3) is 0.698. The van der Waals surface area contributed by atoms with Gasteiger partial charge in [-0.15, -0.1) is 0 Å². The van der Waals surface area contributed by atoms with Crippen molar-refractivity contribution in [3.8, 4) is 0 Å². The van der Waals surface area contributed by atoms with E-state index in [0.717, 1.165) is 77.0 Å². The standard InChI is InChI=1S/C43H77N2O7P/c1-6-8-10-12-14-16-18-20-21-22-23-24-26-28-30-32-34-36-42(47)44-40(39-52-53(49,50)51-38-37-45(3,4)5)43(48)41(46)35-33-31-29-27-25-19-17-15-13-11-9-7-2/h7-10,14-17,20-21,27,29,40-41,43,46,48H,6,11-13,18-19,22-26,28,30-39H2,1-5H3,(H-,44,47,49,50)/b9-7+,10-8-,16-14-,17-15+,21-20-,29-27+. The lowest BCUT2D eigenvalue weighted by Crippen LogP contribution is -2.51. The number of likely N-dealkylation sites (N-methyl/N-ethyl adjacent to an activating group) is 1. The van der Waals surface area contributed by atoms with Gasteiger partial charge in [0.15, 0.2) is 0 Å². The number of unbranched alkanes of at least 4 members (excludes halogenated alkanes) is 10. The van der Waals surface area contributed by atoms with Gasteiger partial charge in [-0.05, 0) is 90.4 Å². The minimum absolute atomic E-state index is 0.0562. The van der Waals surface area contributed by atoms with Crippen molar-refractivity contribution in [3.05, 3.63) is 72.9 Å². The van der Waals surface area contributed by atoms with Gasteiger partial charge in [-0.3, -0.25) is 9.36 Å². The van der Waals surface area contributed by atoms with E-state index < -0.39 is 32.7 Å². The van der Waals surface area contributed by atoms with Crippen molar-refractivity contribution in [3.63, 3.8) is 0 Å². The number of quaternary nitrogens is 1. The van der Waals surface area contributed by atoms with Gasteiger partial charge < -0.3 is 34.0 Å². The molecule has 10 heteroatoms. The number of hydrogen-bond acceptors (Lipinski definition) is 7. The summed E-state index contributed by atoms with van der Waals surface area (Å²) in [5.74, 6) is -0.311. The topological polar surface area (TPSA) is 128 Å². The lowest BCUT2D eigenvalue weighted by Gasteiger charge is -2.31. The van der Waals surface area contributed by atoms with Gasteiger partial charge in [0, 0.05) is 6.42 Å². The smallest absolute Gasteiger partial charge is 0.268 e. The number of rotatable bonds is 35. The molecule has 0 radical (unpaired) electrons. The maximum absolute atomic E-state index is 12.9. The molecule has 0 bridgehead atoms. The molecule has 0 aromatic heterocycles. The summed E-state index contributed by atoms with van der Waals surface area (Å²) in [6, 6.07) is -1.11. The summed E-state index contributed by atoms with van der Waals surface area (Å²) in [4.78, 5) is 25.3. The van der Waals surface area contributed by atoms with E-state index in [-0.39, 0.29) is 18.9 Å². The molecule has 0 spiro atoms. The highest BCUT2D eigenvalue weighted by Crippen LogP contribution is 2.38. The largest absolute Gasteiger partial charge is 0.756 e. The summed E-state index contributed by atoms with van der Waals surface area (Å²) in [7, 11) is 1.07. The van der Waals surface area contributed by atoms with E-state index in [4.69, 9.17) is 9.05 Å². The maximum Gasteiger partial charge on any atom is 0.268 e. The molecule has 1 amide bonds. The van der Waals surface area contributed by atoms with Crippen LogP contribution in [0.4, 0.5) is 0 Å². The Morgan fingerprint density at radius 3 is 1.83 bits per heavy atom. The first-order chi connectivity index (χ1) is 25.4. The molecule has 0 aliphatic rings. The van der Waals surface area contributed by atoms with Crippen molar-refractivity contribution >= 4 is 13.7 Å². The molecule has 0 aromatic carbocycles.